The molecule has 0 radical (unpaired) electrons. The molecule has 1 aliphatic rings. The molecule has 112 valence electrons. The van der Waals surface area contributed by atoms with Crippen LogP contribution in [-0.4, -0.2) is 11.9 Å². The number of hydrogen-bond donors (Lipinski definition) is 2. The van der Waals surface area contributed by atoms with E-state index in [9.17, 15) is 4.79 Å². The van der Waals surface area contributed by atoms with Gasteiger partial charge in [-0.1, -0.05) is 25.8 Å². The van der Waals surface area contributed by atoms with Gasteiger partial charge in [0.1, 0.15) is 0 Å². The van der Waals surface area contributed by atoms with E-state index >= 15 is 0 Å². The zero-order valence-electron chi connectivity index (χ0n) is 12.1. The van der Waals surface area contributed by atoms with Crippen molar-refractivity contribution in [2.75, 3.05) is 5.73 Å². The largest absolute Gasteiger partial charge is 0.390 e. The summed E-state index contributed by atoms with van der Waals surface area (Å²) in [6.45, 7) is 2.11. The van der Waals surface area contributed by atoms with Crippen LogP contribution in [0.4, 0.5) is 5.00 Å². The fourth-order valence-electron chi connectivity index (χ4n) is 2.98. The number of aryl methyl sites for hydroxylation is 1. The van der Waals surface area contributed by atoms with E-state index in [1.54, 1.807) is 22.7 Å². The monoisotopic (exact) mass is 320 g/mol. The summed E-state index contributed by atoms with van der Waals surface area (Å²) in [5.74, 6) is -0.00116. The molecule has 0 aliphatic heterocycles. The number of hydrogen-bond acceptors (Lipinski definition) is 4. The second kappa shape index (κ2) is 6.20. The lowest BCUT2D eigenvalue weighted by atomic mass is 10.1. The highest BCUT2D eigenvalue weighted by atomic mass is 32.1. The number of rotatable bonds is 4. The van der Waals surface area contributed by atoms with Crippen molar-refractivity contribution >= 4 is 33.6 Å². The van der Waals surface area contributed by atoms with Gasteiger partial charge in [-0.3, -0.25) is 4.79 Å². The summed E-state index contributed by atoms with van der Waals surface area (Å²) in [4.78, 5) is 15.0. The lowest BCUT2D eigenvalue weighted by molar-refractivity contribution is 0.0940. The van der Waals surface area contributed by atoms with Crippen LogP contribution in [0.3, 0.4) is 0 Å². The first-order valence-corrected chi connectivity index (χ1v) is 9.16. The Hall–Kier alpha value is -1.33. The summed E-state index contributed by atoms with van der Waals surface area (Å²) in [7, 11) is 0. The average Bonchev–Trinajstić information content (AvgIpc) is 3.17. The second-order valence-electron chi connectivity index (χ2n) is 5.43. The third-order valence-corrected chi connectivity index (χ3v) is 6.07. The lowest BCUT2D eigenvalue weighted by Crippen LogP contribution is -2.33. The Morgan fingerprint density at radius 2 is 2.19 bits per heavy atom. The molecule has 1 aliphatic carbocycles. The Balaban J connectivity index is 1.96. The van der Waals surface area contributed by atoms with Gasteiger partial charge in [0.25, 0.3) is 5.91 Å². The highest BCUT2D eigenvalue weighted by Crippen LogP contribution is 2.41. The van der Waals surface area contributed by atoms with Gasteiger partial charge in [0.15, 0.2) is 0 Å². The van der Waals surface area contributed by atoms with Crippen molar-refractivity contribution in [2.24, 2.45) is 0 Å². The fraction of sp³-hybridized carbons (Fsp3) is 0.438. The first-order chi connectivity index (χ1) is 10.2. The summed E-state index contributed by atoms with van der Waals surface area (Å²) in [5.41, 5.74) is 7.89. The highest BCUT2D eigenvalue weighted by molar-refractivity contribution is 7.18. The molecule has 3 nitrogen and oxygen atoms in total. The normalized spacial score (nSPS) is 15.5. The van der Waals surface area contributed by atoms with Crippen LogP contribution in [0.1, 0.15) is 47.8 Å². The van der Waals surface area contributed by atoms with Crippen molar-refractivity contribution in [3.8, 4) is 10.4 Å². The number of nitrogens with two attached hydrogens (primary N) is 1. The van der Waals surface area contributed by atoms with E-state index in [1.165, 1.54) is 17.7 Å². The van der Waals surface area contributed by atoms with Crippen molar-refractivity contribution in [1.82, 2.24) is 5.32 Å². The molecule has 3 rings (SSSR count). The highest BCUT2D eigenvalue weighted by Gasteiger charge is 2.26. The quantitative estimate of drug-likeness (QED) is 0.882. The molecular weight excluding hydrogens is 300 g/mol. The van der Waals surface area contributed by atoms with Gasteiger partial charge in [-0.2, -0.15) is 0 Å². The predicted molar refractivity (Wildman–Crippen MR) is 91.1 cm³/mol. The summed E-state index contributed by atoms with van der Waals surface area (Å²) < 4.78 is 0. The zero-order valence-corrected chi connectivity index (χ0v) is 13.8. The molecule has 0 atom stereocenters. The number of thiophene rings is 2. The number of nitrogens with one attached hydrogen (secondary N) is 1. The molecule has 1 fully saturated rings. The first kappa shape index (κ1) is 14.6. The topological polar surface area (TPSA) is 55.1 Å². The zero-order chi connectivity index (χ0) is 14.8. The maximum absolute atomic E-state index is 12.7. The molecule has 2 aromatic heterocycles. The van der Waals surface area contributed by atoms with Gasteiger partial charge < -0.3 is 11.1 Å². The number of carbonyl (C=O) groups excluding carboxylic acids is 1. The van der Waals surface area contributed by atoms with Gasteiger partial charge in [0.2, 0.25) is 0 Å². The maximum Gasteiger partial charge on any atom is 0.255 e. The molecular formula is C16H20N2OS2. The van der Waals surface area contributed by atoms with Crippen molar-refractivity contribution in [2.45, 2.75) is 45.1 Å². The van der Waals surface area contributed by atoms with Crippen molar-refractivity contribution < 1.29 is 4.79 Å². The molecule has 0 spiro atoms. The van der Waals surface area contributed by atoms with Crippen molar-refractivity contribution in [3.63, 3.8) is 0 Å². The minimum Gasteiger partial charge on any atom is -0.390 e. The Morgan fingerprint density at radius 1 is 1.43 bits per heavy atom. The minimum absolute atomic E-state index is 0.00116. The Bertz CT molecular complexity index is 625. The van der Waals surface area contributed by atoms with Crippen LogP contribution < -0.4 is 11.1 Å². The maximum atomic E-state index is 12.7. The molecule has 5 heteroatoms. The number of anilines is 1. The van der Waals surface area contributed by atoms with Gasteiger partial charge in [-0.25, -0.2) is 0 Å². The molecule has 1 saturated carbocycles. The summed E-state index contributed by atoms with van der Waals surface area (Å²) in [6.07, 6.45) is 5.50. The molecule has 1 amide bonds. The second-order valence-corrected chi connectivity index (χ2v) is 7.51. The van der Waals surface area contributed by atoms with Crippen LogP contribution in [0.25, 0.3) is 10.4 Å². The molecule has 0 bridgehead atoms. The van der Waals surface area contributed by atoms with Crippen LogP contribution in [0, 0.1) is 0 Å². The van der Waals surface area contributed by atoms with Crippen LogP contribution in [0.15, 0.2) is 17.5 Å². The van der Waals surface area contributed by atoms with Gasteiger partial charge in [0, 0.05) is 21.4 Å². The molecule has 2 heterocycles. The summed E-state index contributed by atoms with van der Waals surface area (Å²) in [5, 5.41) is 5.86. The Labute approximate surface area is 133 Å². The van der Waals surface area contributed by atoms with Crippen molar-refractivity contribution in [1.29, 1.82) is 0 Å². The lowest BCUT2D eigenvalue weighted by Gasteiger charge is -2.13. The number of carbonyl (C=O) groups is 1. The van der Waals surface area contributed by atoms with Crippen LogP contribution in [0.2, 0.25) is 0 Å². The van der Waals surface area contributed by atoms with Crippen LogP contribution >= 0.6 is 22.7 Å². The molecule has 3 N–H and O–H groups in total. The van der Waals surface area contributed by atoms with E-state index in [-0.39, 0.29) is 5.91 Å². The molecule has 21 heavy (non-hydrogen) atoms. The standard InChI is InChI=1S/C16H20N2OS2/c1-2-11-13(12-8-5-9-20-12)14(15(17)21-11)16(19)18-10-6-3-4-7-10/h5,8-10H,2-4,6-7,17H2,1H3,(H,18,19). The van der Waals surface area contributed by atoms with Crippen molar-refractivity contribution in [3.05, 3.63) is 28.0 Å². The van der Waals surface area contributed by atoms with Gasteiger partial charge in [-0.05, 0) is 30.7 Å². The Kier molecular flexibility index (Phi) is 4.31. The van der Waals surface area contributed by atoms with E-state index in [0.717, 1.165) is 29.7 Å². The van der Waals surface area contributed by atoms with E-state index in [4.69, 9.17) is 5.73 Å². The van der Waals surface area contributed by atoms with Gasteiger partial charge in [-0.15, -0.1) is 22.7 Å². The van der Waals surface area contributed by atoms with Gasteiger partial charge in [0.05, 0.1) is 10.6 Å². The van der Waals surface area contributed by atoms with E-state index in [2.05, 4.69) is 18.3 Å². The predicted octanol–water partition coefficient (Wildman–Crippen LogP) is 4.29. The third-order valence-electron chi connectivity index (χ3n) is 4.01. The summed E-state index contributed by atoms with van der Waals surface area (Å²) in [6, 6.07) is 4.40. The van der Waals surface area contributed by atoms with E-state index in [1.807, 2.05) is 11.4 Å². The van der Waals surface area contributed by atoms with Crippen LogP contribution in [0.5, 0.6) is 0 Å². The molecule has 0 aromatic carbocycles. The number of amides is 1. The summed E-state index contributed by atoms with van der Waals surface area (Å²) >= 11 is 3.21. The van der Waals surface area contributed by atoms with E-state index in [0.29, 0.717) is 16.6 Å². The van der Waals surface area contributed by atoms with E-state index < -0.39 is 0 Å². The SMILES string of the molecule is CCc1sc(N)c(C(=O)NC2CCCC2)c1-c1cccs1. The molecule has 2 aromatic rings. The average molecular weight is 320 g/mol. The van der Waals surface area contributed by atoms with Crippen LogP contribution in [-0.2, 0) is 6.42 Å². The first-order valence-electron chi connectivity index (χ1n) is 7.46. The number of nitrogen functional groups attached to an aromatic ring is 1. The molecule has 0 saturated heterocycles. The molecule has 0 unspecified atom stereocenters. The minimum atomic E-state index is -0.00116. The van der Waals surface area contributed by atoms with Gasteiger partial charge >= 0.3 is 0 Å². The smallest absolute Gasteiger partial charge is 0.255 e. The third kappa shape index (κ3) is 2.85. The fourth-order valence-corrected chi connectivity index (χ4v) is 4.87. The Morgan fingerprint density at radius 3 is 2.81 bits per heavy atom.